The standard InChI is InChI=1S/C17H14FN3O4/c18-10-3-1-2-9(4-10)11-5-12(11)19-13-6-14-16(7-15(13)21(23)24)25-8-17(22)20-14/h1-4,6-7,11-12,19H,5,8H2,(H,20,22)/t11-,12+/m0/s1. The Hall–Kier alpha value is -3.16. The van der Waals surface area contributed by atoms with Crippen molar-refractivity contribution in [2.45, 2.75) is 18.4 Å². The van der Waals surface area contributed by atoms with Gasteiger partial charge in [0.05, 0.1) is 16.7 Å². The summed E-state index contributed by atoms with van der Waals surface area (Å²) in [4.78, 5) is 22.3. The average Bonchev–Trinajstić information content (AvgIpc) is 3.33. The van der Waals surface area contributed by atoms with Crippen molar-refractivity contribution in [3.05, 3.63) is 57.9 Å². The second kappa shape index (κ2) is 5.73. The number of nitro benzene ring substituents is 1. The molecule has 1 heterocycles. The van der Waals surface area contributed by atoms with Crippen molar-refractivity contribution in [1.82, 2.24) is 0 Å². The first kappa shape index (κ1) is 15.4. The molecule has 4 rings (SSSR count). The fourth-order valence-corrected chi connectivity index (χ4v) is 3.04. The number of ether oxygens (including phenoxy) is 1. The number of hydrogen-bond donors (Lipinski definition) is 2. The Bertz CT molecular complexity index is 886. The van der Waals surface area contributed by atoms with Crippen LogP contribution in [0.3, 0.4) is 0 Å². The molecule has 1 aliphatic carbocycles. The lowest BCUT2D eigenvalue weighted by Crippen LogP contribution is -2.25. The van der Waals surface area contributed by atoms with E-state index in [0.29, 0.717) is 11.4 Å². The summed E-state index contributed by atoms with van der Waals surface area (Å²) < 4.78 is 18.6. The number of benzene rings is 2. The predicted molar refractivity (Wildman–Crippen MR) is 88.4 cm³/mol. The number of amides is 1. The van der Waals surface area contributed by atoms with Crippen molar-refractivity contribution >= 4 is 23.0 Å². The van der Waals surface area contributed by atoms with Gasteiger partial charge in [0.15, 0.2) is 12.4 Å². The van der Waals surface area contributed by atoms with Crippen LogP contribution < -0.4 is 15.4 Å². The molecule has 1 fully saturated rings. The zero-order chi connectivity index (χ0) is 17.6. The van der Waals surface area contributed by atoms with Gasteiger partial charge in [-0.15, -0.1) is 0 Å². The predicted octanol–water partition coefficient (Wildman–Crippen LogP) is 3.03. The Labute approximate surface area is 141 Å². The van der Waals surface area contributed by atoms with Crippen LogP contribution >= 0.6 is 0 Å². The van der Waals surface area contributed by atoms with Crippen LogP contribution in [0.25, 0.3) is 0 Å². The highest BCUT2D eigenvalue weighted by Gasteiger charge is 2.40. The van der Waals surface area contributed by atoms with Crippen LogP contribution in [0.4, 0.5) is 21.5 Å². The SMILES string of the molecule is O=C1COc2cc([N+](=O)[O-])c(N[C@@H]3C[C@H]3c3cccc(F)c3)cc2N1. The first-order valence-electron chi connectivity index (χ1n) is 7.78. The Morgan fingerprint density at radius 2 is 2.16 bits per heavy atom. The fourth-order valence-electron chi connectivity index (χ4n) is 3.04. The molecule has 2 aromatic carbocycles. The van der Waals surface area contributed by atoms with Gasteiger partial charge in [0.1, 0.15) is 11.5 Å². The highest BCUT2D eigenvalue weighted by atomic mass is 19.1. The van der Waals surface area contributed by atoms with E-state index >= 15 is 0 Å². The van der Waals surface area contributed by atoms with E-state index in [0.717, 1.165) is 12.0 Å². The minimum atomic E-state index is -0.498. The number of anilines is 2. The second-order valence-electron chi connectivity index (χ2n) is 6.11. The minimum Gasteiger partial charge on any atom is -0.481 e. The first-order chi connectivity index (χ1) is 12.0. The topological polar surface area (TPSA) is 93.5 Å². The number of halogens is 1. The van der Waals surface area contributed by atoms with Crippen molar-refractivity contribution in [1.29, 1.82) is 0 Å². The third-order valence-corrected chi connectivity index (χ3v) is 4.34. The molecule has 0 bridgehead atoms. The molecule has 0 saturated heterocycles. The molecule has 0 spiro atoms. The lowest BCUT2D eigenvalue weighted by molar-refractivity contribution is -0.384. The van der Waals surface area contributed by atoms with E-state index in [-0.39, 0.29) is 41.7 Å². The van der Waals surface area contributed by atoms with Gasteiger partial charge in [-0.3, -0.25) is 14.9 Å². The molecule has 8 heteroatoms. The van der Waals surface area contributed by atoms with Crippen LogP contribution in [0.5, 0.6) is 5.75 Å². The molecule has 0 unspecified atom stereocenters. The number of nitro groups is 1. The Morgan fingerprint density at radius 1 is 1.32 bits per heavy atom. The summed E-state index contributed by atoms with van der Waals surface area (Å²) in [6.45, 7) is -0.165. The van der Waals surface area contributed by atoms with Crippen molar-refractivity contribution in [2.24, 2.45) is 0 Å². The summed E-state index contributed by atoms with van der Waals surface area (Å²) >= 11 is 0. The number of carbonyl (C=O) groups excluding carboxylic acids is 1. The van der Waals surface area contributed by atoms with Crippen LogP contribution in [-0.4, -0.2) is 23.5 Å². The summed E-state index contributed by atoms with van der Waals surface area (Å²) in [5.74, 6) is -0.245. The van der Waals surface area contributed by atoms with Crippen LogP contribution in [0.15, 0.2) is 36.4 Å². The van der Waals surface area contributed by atoms with E-state index in [1.54, 1.807) is 6.07 Å². The summed E-state index contributed by atoms with van der Waals surface area (Å²) in [6, 6.07) is 9.12. The molecule has 1 saturated carbocycles. The molecule has 2 aliphatic rings. The van der Waals surface area contributed by atoms with Gasteiger partial charge in [0.25, 0.3) is 11.6 Å². The van der Waals surface area contributed by atoms with Crippen molar-refractivity contribution in [2.75, 3.05) is 17.2 Å². The molecule has 1 amide bonds. The van der Waals surface area contributed by atoms with E-state index in [2.05, 4.69) is 10.6 Å². The van der Waals surface area contributed by atoms with Gasteiger partial charge in [-0.25, -0.2) is 4.39 Å². The molecule has 7 nitrogen and oxygen atoms in total. The highest BCUT2D eigenvalue weighted by molar-refractivity contribution is 5.96. The monoisotopic (exact) mass is 343 g/mol. The molecule has 25 heavy (non-hydrogen) atoms. The lowest BCUT2D eigenvalue weighted by Gasteiger charge is -2.19. The summed E-state index contributed by atoms with van der Waals surface area (Å²) in [6.07, 6.45) is 0.751. The molecule has 2 atom stereocenters. The molecule has 2 N–H and O–H groups in total. The molecule has 0 aromatic heterocycles. The number of fused-ring (bicyclic) bond motifs is 1. The zero-order valence-electron chi connectivity index (χ0n) is 13.0. The quantitative estimate of drug-likeness (QED) is 0.657. The third-order valence-electron chi connectivity index (χ3n) is 4.34. The second-order valence-corrected chi connectivity index (χ2v) is 6.11. The maximum Gasteiger partial charge on any atom is 0.296 e. The molecule has 128 valence electrons. The number of rotatable bonds is 4. The molecular weight excluding hydrogens is 329 g/mol. The smallest absolute Gasteiger partial charge is 0.296 e. The number of hydrogen-bond acceptors (Lipinski definition) is 5. The molecule has 2 aromatic rings. The maximum atomic E-state index is 13.3. The highest BCUT2D eigenvalue weighted by Crippen LogP contribution is 2.46. The van der Waals surface area contributed by atoms with Gasteiger partial charge in [-0.2, -0.15) is 0 Å². The maximum absolute atomic E-state index is 13.3. The third kappa shape index (κ3) is 2.98. The summed E-state index contributed by atoms with van der Waals surface area (Å²) in [5.41, 5.74) is 1.43. The van der Waals surface area contributed by atoms with Crippen LogP contribution in [0, 0.1) is 15.9 Å². The normalized spacial score (nSPS) is 20.9. The number of nitrogens with zero attached hydrogens (tertiary/aromatic N) is 1. The molecule has 0 radical (unpaired) electrons. The zero-order valence-corrected chi connectivity index (χ0v) is 13.0. The average molecular weight is 343 g/mol. The van der Waals surface area contributed by atoms with Gasteiger partial charge < -0.3 is 15.4 Å². The van der Waals surface area contributed by atoms with E-state index in [1.807, 2.05) is 6.07 Å². The van der Waals surface area contributed by atoms with Crippen LogP contribution in [0.2, 0.25) is 0 Å². The van der Waals surface area contributed by atoms with E-state index < -0.39 is 4.92 Å². The Balaban J connectivity index is 1.59. The minimum absolute atomic E-state index is 0.0289. The van der Waals surface area contributed by atoms with Gasteiger partial charge in [-0.1, -0.05) is 12.1 Å². The fraction of sp³-hybridized carbons (Fsp3) is 0.235. The summed E-state index contributed by atoms with van der Waals surface area (Å²) in [5, 5.41) is 17.1. The van der Waals surface area contributed by atoms with E-state index in [1.165, 1.54) is 24.3 Å². The largest absolute Gasteiger partial charge is 0.481 e. The van der Waals surface area contributed by atoms with Crippen LogP contribution in [0.1, 0.15) is 17.9 Å². The number of nitrogens with one attached hydrogen (secondary N) is 2. The van der Waals surface area contributed by atoms with Crippen LogP contribution in [-0.2, 0) is 4.79 Å². The first-order valence-corrected chi connectivity index (χ1v) is 7.78. The van der Waals surface area contributed by atoms with Gasteiger partial charge >= 0.3 is 0 Å². The Kier molecular flexibility index (Phi) is 3.52. The van der Waals surface area contributed by atoms with Gasteiger partial charge in [0.2, 0.25) is 0 Å². The van der Waals surface area contributed by atoms with E-state index in [4.69, 9.17) is 4.74 Å². The van der Waals surface area contributed by atoms with Crippen molar-refractivity contribution in [3.63, 3.8) is 0 Å². The lowest BCUT2D eigenvalue weighted by atomic mass is 10.1. The Morgan fingerprint density at radius 3 is 2.92 bits per heavy atom. The molecular formula is C17H14FN3O4. The van der Waals surface area contributed by atoms with Crippen molar-refractivity contribution < 1.29 is 18.8 Å². The van der Waals surface area contributed by atoms with E-state index in [9.17, 15) is 19.3 Å². The number of carbonyl (C=O) groups is 1. The van der Waals surface area contributed by atoms with Crippen molar-refractivity contribution in [3.8, 4) is 5.75 Å². The van der Waals surface area contributed by atoms with Gasteiger partial charge in [0, 0.05) is 12.0 Å². The van der Waals surface area contributed by atoms with Gasteiger partial charge in [-0.05, 0) is 30.2 Å². The molecule has 1 aliphatic heterocycles. The summed E-state index contributed by atoms with van der Waals surface area (Å²) in [7, 11) is 0.